The third-order valence-electron chi connectivity index (χ3n) is 4.37. The van der Waals surface area contributed by atoms with Gasteiger partial charge in [0.05, 0.1) is 11.4 Å². The van der Waals surface area contributed by atoms with Gasteiger partial charge < -0.3 is 14.6 Å². The summed E-state index contributed by atoms with van der Waals surface area (Å²) in [5, 5.41) is 14.7. The van der Waals surface area contributed by atoms with Gasteiger partial charge in [0.1, 0.15) is 29.9 Å². The largest absolute Gasteiger partial charge is 0.491 e. The summed E-state index contributed by atoms with van der Waals surface area (Å²) in [6.45, 7) is 3.69. The number of aryl methyl sites for hydroxylation is 2. The first-order valence-corrected chi connectivity index (χ1v) is 10.3. The first-order chi connectivity index (χ1) is 13.9. The minimum absolute atomic E-state index is 0.0449. The number of nitrogens with zero attached hydrogens (tertiary/aromatic N) is 2. The number of ketones is 1. The number of Topliss-reactive ketones (excluding diaryl/α,β-unsaturated/α-hetero) is 1. The van der Waals surface area contributed by atoms with Crippen molar-refractivity contribution in [2.75, 3.05) is 6.61 Å². The molecule has 0 radical (unpaired) electrons. The normalized spacial score (nSPS) is 12.0. The van der Waals surface area contributed by atoms with Crippen molar-refractivity contribution in [3.05, 3.63) is 69.3 Å². The lowest BCUT2D eigenvalue weighted by Crippen LogP contribution is -2.31. The summed E-state index contributed by atoms with van der Waals surface area (Å²) in [5.74, 6) is 0.786. The van der Waals surface area contributed by atoms with Crippen LogP contribution in [0, 0.1) is 6.92 Å². The fourth-order valence-electron chi connectivity index (χ4n) is 2.80. The summed E-state index contributed by atoms with van der Waals surface area (Å²) in [4.78, 5) is 25.3. The van der Waals surface area contributed by atoms with Gasteiger partial charge in [0.2, 0.25) is 0 Å². The summed E-state index contributed by atoms with van der Waals surface area (Å²) in [5.41, 5.74) is 1.50. The molecule has 3 rings (SSSR count). The lowest BCUT2D eigenvalue weighted by Gasteiger charge is -2.14. The highest BCUT2D eigenvalue weighted by atomic mass is 32.1. The molecule has 1 aromatic carbocycles. The van der Waals surface area contributed by atoms with Gasteiger partial charge in [-0.1, -0.05) is 12.1 Å². The van der Waals surface area contributed by atoms with Gasteiger partial charge in [-0.15, -0.1) is 11.3 Å². The van der Waals surface area contributed by atoms with E-state index in [0.29, 0.717) is 24.3 Å². The van der Waals surface area contributed by atoms with Crippen molar-refractivity contribution in [1.82, 2.24) is 9.78 Å². The Balaban J connectivity index is 1.57. The van der Waals surface area contributed by atoms with Crippen LogP contribution in [0.5, 0.6) is 5.75 Å². The number of ether oxygens (including phenoxy) is 1. The number of hydrogen-bond acceptors (Lipinski definition) is 6. The average molecular weight is 413 g/mol. The maximum absolute atomic E-state index is 12.1. The smallest absolute Gasteiger partial charge is 0.266 e. The van der Waals surface area contributed by atoms with Crippen LogP contribution in [0.4, 0.5) is 0 Å². The van der Waals surface area contributed by atoms with E-state index in [1.165, 1.54) is 15.6 Å². The molecule has 2 aromatic heterocycles. The van der Waals surface area contributed by atoms with Gasteiger partial charge in [-0.05, 0) is 56.2 Å². The van der Waals surface area contributed by atoms with E-state index in [4.69, 9.17) is 4.74 Å². The molecule has 2 heterocycles. The van der Waals surface area contributed by atoms with E-state index in [0.717, 1.165) is 10.4 Å². The second-order valence-electron chi connectivity index (χ2n) is 6.96. The van der Waals surface area contributed by atoms with E-state index < -0.39 is 6.10 Å². The molecule has 29 heavy (non-hydrogen) atoms. The molecule has 1 atom stereocenters. The topological polar surface area (TPSA) is 81.4 Å². The number of carbonyl (C=O) groups is 1. The molecule has 7 heteroatoms. The zero-order valence-corrected chi connectivity index (χ0v) is 17.3. The van der Waals surface area contributed by atoms with E-state index in [2.05, 4.69) is 5.10 Å². The highest BCUT2D eigenvalue weighted by Crippen LogP contribution is 2.25. The van der Waals surface area contributed by atoms with Crippen LogP contribution in [0.1, 0.15) is 23.8 Å². The monoisotopic (exact) mass is 412 g/mol. The van der Waals surface area contributed by atoms with Gasteiger partial charge >= 0.3 is 0 Å². The minimum atomic E-state index is -0.877. The number of hydrogen-bond donors (Lipinski definition) is 1. The molecule has 3 aromatic rings. The molecule has 6 nitrogen and oxygen atoms in total. The maximum atomic E-state index is 12.1. The molecule has 0 aliphatic heterocycles. The second kappa shape index (κ2) is 9.62. The Bertz CT molecular complexity index is 1020. The molecule has 1 unspecified atom stereocenters. The first-order valence-electron chi connectivity index (χ1n) is 9.45. The molecule has 0 bridgehead atoms. The number of benzene rings is 1. The third kappa shape index (κ3) is 6.10. The molecular weight excluding hydrogens is 388 g/mol. The van der Waals surface area contributed by atoms with Crippen LogP contribution >= 0.6 is 11.3 Å². The Kier molecular flexibility index (Phi) is 6.95. The first kappa shape index (κ1) is 21.0. The van der Waals surface area contributed by atoms with Crippen LogP contribution in [-0.4, -0.2) is 33.4 Å². The molecule has 0 aliphatic rings. The highest BCUT2D eigenvalue weighted by molar-refractivity contribution is 7.15. The van der Waals surface area contributed by atoms with Crippen LogP contribution in [0.15, 0.2) is 53.3 Å². The Morgan fingerprint density at radius 3 is 2.59 bits per heavy atom. The van der Waals surface area contributed by atoms with Crippen LogP contribution in [0.25, 0.3) is 10.6 Å². The Morgan fingerprint density at radius 1 is 1.17 bits per heavy atom. The zero-order valence-electron chi connectivity index (χ0n) is 16.5. The van der Waals surface area contributed by atoms with Crippen molar-refractivity contribution in [2.24, 2.45) is 0 Å². The molecule has 0 spiro atoms. The lowest BCUT2D eigenvalue weighted by atomic mass is 10.1. The van der Waals surface area contributed by atoms with Crippen molar-refractivity contribution in [1.29, 1.82) is 0 Å². The van der Waals surface area contributed by atoms with Crippen molar-refractivity contribution >= 4 is 17.1 Å². The summed E-state index contributed by atoms with van der Waals surface area (Å²) >= 11 is 1.60. The maximum Gasteiger partial charge on any atom is 0.266 e. The SMILES string of the molecule is CC(=O)CCc1ccc(OCC(O)Cn2nc(-c3ccc(C)s3)ccc2=O)cc1. The summed E-state index contributed by atoms with van der Waals surface area (Å²) in [6, 6.07) is 14.6. The number of thiophene rings is 1. The molecule has 0 saturated heterocycles. The van der Waals surface area contributed by atoms with Gasteiger partial charge in [-0.25, -0.2) is 4.68 Å². The minimum Gasteiger partial charge on any atom is -0.491 e. The molecule has 0 amide bonds. The number of aliphatic hydroxyl groups excluding tert-OH is 1. The molecule has 0 saturated carbocycles. The van der Waals surface area contributed by atoms with Gasteiger partial charge in [0.25, 0.3) is 5.56 Å². The number of aromatic nitrogens is 2. The van der Waals surface area contributed by atoms with Gasteiger partial charge in [0, 0.05) is 17.4 Å². The quantitative estimate of drug-likeness (QED) is 0.584. The van der Waals surface area contributed by atoms with Crippen molar-refractivity contribution in [3.63, 3.8) is 0 Å². The van der Waals surface area contributed by atoms with Crippen LogP contribution in [0.2, 0.25) is 0 Å². The lowest BCUT2D eigenvalue weighted by molar-refractivity contribution is -0.116. The van der Waals surface area contributed by atoms with Crippen LogP contribution in [-0.2, 0) is 17.8 Å². The average Bonchev–Trinajstić information content (AvgIpc) is 3.13. The van der Waals surface area contributed by atoms with Crippen molar-refractivity contribution < 1.29 is 14.6 Å². The summed E-state index contributed by atoms with van der Waals surface area (Å²) in [6.07, 6.45) is 0.343. The molecule has 1 N–H and O–H groups in total. The van der Waals surface area contributed by atoms with E-state index in [-0.39, 0.29) is 24.5 Å². The summed E-state index contributed by atoms with van der Waals surface area (Å²) < 4.78 is 6.89. The highest BCUT2D eigenvalue weighted by Gasteiger charge is 2.11. The van der Waals surface area contributed by atoms with Gasteiger partial charge in [-0.3, -0.25) is 4.79 Å². The Hall–Kier alpha value is -2.77. The number of carbonyl (C=O) groups excluding carboxylic acids is 1. The molecule has 0 aliphatic carbocycles. The van der Waals surface area contributed by atoms with Gasteiger partial charge in [0.15, 0.2) is 0 Å². The molecule has 0 fully saturated rings. The van der Waals surface area contributed by atoms with E-state index in [1.807, 2.05) is 43.3 Å². The fraction of sp³-hybridized carbons (Fsp3) is 0.318. The third-order valence-corrected chi connectivity index (χ3v) is 5.40. The molecule has 152 valence electrons. The fourth-order valence-corrected chi connectivity index (χ4v) is 3.63. The van der Waals surface area contributed by atoms with Gasteiger partial charge in [-0.2, -0.15) is 5.10 Å². The van der Waals surface area contributed by atoms with Crippen molar-refractivity contribution in [2.45, 2.75) is 39.3 Å². The second-order valence-corrected chi connectivity index (χ2v) is 8.25. The standard InChI is InChI=1S/C22H24N2O4S/c1-15(25)3-5-17-6-8-19(9-7-17)28-14-18(26)13-24-22(27)12-10-20(23-24)21-11-4-16(2)29-21/h4,6-12,18,26H,3,5,13-14H2,1-2H3. The Morgan fingerprint density at radius 2 is 1.93 bits per heavy atom. The van der Waals surface area contributed by atoms with E-state index in [1.54, 1.807) is 24.3 Å². The molecular formula is C22H24N2O4S. The summed E-state index contributed by atoms with van der Waals surface area (Å²) in [7, 11) is 0. The van der Waals surface area contributed by atoms with E-state index >= 15 is 0 Å². The Labute approximate surface area is 173 Å². The predicted octanol–water partition coefficient (Wildman–Crippen LogP) is 3.24. The predicted molar refractivity (Wildman–Crippen MR) is 113 cm³/mol. The van der Waals surface area contributed by atoms with E-state index in [9.17, 15) is 14.7 Å². The van der Waals surface area contributed by atoms with Crippen LogP contribution in [0.3, 0.4) is 0 Å². The number of aliphatic hydroxyl groups is 1. The van der Waals surface area contributed by atoms with Crippen LogP contribution < -0.4 is 10.3 Å². The number of rotatable bonds is 9. The van der Waals surface area contributed by atoms with Crippen molar-refractivity contribution in [3.8, 4) is 16.3 Å². The zero-order chi connectivity index (χ0) is 20.8.